The highest BCUT2D eigenvalue weighted by Gasteiger charge is 2.34. The summed E-state index contributed by atoms with van der Waals surface area (Å²) < 4.78 is 11.0. The fourth-order valence-corrected chi connectivity index (χ4v) is 2.91. The van der Waals surface area contributed by atoms with Gasteiger partial charge in [-0.05, 0) is 32.4 Å². The number of carbonyl (C=O) groups excluding carboxylic acids is 2. The van der Waals surface area contributed by atoms with Crippen LogP contribution in [0.15, 0.2) is 42.5 Å². The number of amides is 1. The SMILES string of the molecule is CC(C)(C)OC(=O)N1CCC(=O)C(c2ccc(OCc3ccccc3)nn2)C1. The Bertz CT molecular complexity index is 816. The molecule has 0 bridgehead atoms. The van der Waals surface area contributed by atoms with Crippen molar-refractivity contribution >= 4 is 11.9 Å². The van der Waals surface area contributed by atoms with Crippen LogP contribution in [-0.4, -0.2) is 45.7 Å². The first-order valence-corrected chi connectivity index (χ1v) is 9.33. The summed E-state index contributed by atoms with van der Waals surface area (Å²) in [6.45, 7) is 6.44. The Hall–Kier alpha value is -2.96. The first-order valence-electron chi connectivity index (χ1n) is 9.33. The van der Waals surface area contributed by atoms with Gasteiger partial charge in [0.05, 0.1) is 11.6 Å². The normalized spacial score (nSPS) is 17.3. The average Bonchev–Trinajstić information content (AvgIpc) is 2.67. The molecule has 1 unspecified atom stereocenters. The summed E-state index contributed by atoms with van der Waals surface area (Å²) in [5.41, 5.74) is 0.986. The largest absolute Gasteiger partial charge is 0.472 e. The van der Waals surface area contributed by atoms with Gasteiger partial charge in [-0.1, -0.05) is 30.3 Å². The van der Waals surface area contributed by atoms with Crippen molar-refractivity contribution < 1.29 is 19.1 Å². The second kappa shape index (κ2) is 8.37. The molecular weight excluding hydrogens is 358 g/mol. The molecule has 28 heavy (non-hydrogen) atoms. The summed E-state index contributed by atoms with van der Waals surface area (Å²) in [5, 5.41) is 8.23. The zero-order valence-corrected chi connectivity index (χ0v) is 16.4. The van der Waals surface area contributed by atoms with E-state index < -0.39 is 17.6 Å². The number of Topliss-reactive ketones (excluding diaryl/α,β-unsaturated/α-hetero) is 1. The van der Waals surface area contributed by atoms with Crippen LogP contribution >= 0.6 is 0 Å². The molecule has 0 saturated carbocycles. The third-order valence-electron chi connectivity index (χ3n) is 4.32. The van der Waals surface area contributed by atoms with E-state index in [4.69, 9.17) is 9.47 Å². The van der Waals surface area contributed by atoms with Crippen LogP contribution < -0.4 is 4.74 Å². The van der Waals surface area contributed by atoms with Crippen molar-refractivity contribution in [3.8, 4) is 5.88 Å². The van der Waals surface area contributed by atoms with Crippen LogP contribution in [0.2, 0.25) is 0 Å². The van der Waals surface area contributed by atoms with Crippen molar-refractivity contribution in [1.29, 1.82) is 0 Å². The number of likely N-dealkylation sites (tertiary alicyclic amines) is 1. The van der Waals surface area contributed by atoms with E-state index in [1.807, 2.05) is 51.1 Å². The molecule has 1 fully saturated rings. The number of ether oxygens (including phenoxy) is 2. The van der Waals surface area contributed by atoms with E-state index in [0.29, 0.717) is 24.7 Å². The molecule has 7 heteroatoms. The zero-order chi connectivity index (χ0) is 20.1. The summed E-state index contributed by atoms with van der Waals surface area (Å²) in [7, 11) is 0. The molecule has 1 aliphatic heterocycles. The van der Waals surface area contributed by atoms with E-state index in [-0.39, 0.29) is 18.7 Å². The Morgan fingerprint density at radius 2 is 1.89 bits per heavy atom. The summed E-state index contributed by atoms with van der Waals surface area (Å²) in [5.74, 6) is -0.0659. The van der Waals surface area contributed by atoms with E-state index in [0.717, 1.165) is 5.56 Å². The third kappa shape index (κ3) is 5.28. The van der Waals surface area contributed by atoms with E-state index in [1.54, 1.807) is 17.0 Å². The Morgan fingerprint density at radius 3 is 2.54 bits per heavy atom. The minimum Gasteiger partial charge on any atom is -0.472 e. The molecule has 0 N–H and O–H groups in total. The van der Waals surface area contributed by atoms with Crippen LogP contribution in [0.25, 0.3) is 0 Å². The molecule has 1 amide bonds. The minimum atomic E-state index is -0.578. The van der Waals surface area contributed by atoms with Crippen molar-refractivity contribution in [2.45, 2.75) is 45.3 Å². The van der Waals surface area contributed by atoms with E-state index in [1.165, 1.54) is 0 Å². The molecule has 148 valence electrons. The Kier molecular flexibility index (Phi) is 5.92. The summed E-state index contributed by atoms with van der Waals surface area (Å²) in [4.78, 5) is 26.2. The molecule has 2 aromatic rings. The van der Waals surface area contributed by atoms with Gasteiger partial charge in [-0.2, -0.15) is 5.10 Å². The maximum absolute atomic E-state index is 12.4. The molecule has 3 rings (SSSR count). The molecule has 0 aliphatic carbocycles. The standard InChI is InChI=1S/C21H25N3O4/c1-21(2,3)28-20(26)24-12-11-18(25)16(13-24)17-9-10-19(23-22-17)27-14-15-7-5-4-6-8-15/h4-10,16H,11-14H2,1-3H3. The Balaban J connectivity index is 1.63. The maximum atomic E-state index is 12.4. The van der Waals surface area contributed by atoms with Crippen LogP contribution in [-0.2, 0) is 16.1 Å². The third-order valence-corrected chi connectivity index (χ3v) is 4.32. The minimum absolute atomic E-state index is 0.0482. The fourth-order valence-electron chi connectivity index (χ4n) is 2.91. The molecule has 1 atom stereocenters. The topological polar surface area (TPSA) is 81.6 Å². The monoisotopic (exact) mass is 383 g/mol. The number of piperidine rings is 1. The van der Waals surface area contributed by atoms with Gasteiger partial charge in [0.1, 0.15) is 18.0 Å². The van der Waals surface area contributed by atoms with Gasteiger partial charge in [0.2, 0.25) is 5.88 Å². The fraction of sp³-hybridized carbons (Fsp3) is 0.429. The van der Waals surface area contributed by atoms with E-state index in [9.17, 15) is 9.59 Å². The van der Waals surface area contributed by atoms with Gasteiger partial charge >= 0.3 is 6.09 Å². The number of hydrogen-bond acceptors (Lipinski definition) is 6. The Labute approximate surface area is 164 Å². The molecule has 0 radical (unpaired) electrons. The molecule has 1 saturated heterocycles. The van der Waals surface area contributed by atoms with Crippen molar-refractivity contribution in [2.24, 2.45) is 0 Å². The lowest BCUT2D eigenvalue weighted by Gasteiger charge is -2.33. The number of benzene rings is 1. The highest BCUT2D eigenvalue weighted by Crippen LogP contribution is 2.24. The lowest BCUT2D eigenvalue weighted by Crippen LogP contribution is -2.45. The number of ketones is 1. The van der Waals surface area contributed by atoms with Gasteiger partial charge in [0.15, 0.2) is 0 Å². The zero-order valence-electron chi connectivity index (χ0n) is 16.4. The highest BCUT2D eigenvalue weighted by atomic mass is 16.6. The molecular formula is C21H25N3O4. The van der Waals surface area contributed by atoms with Crippen LogP contribution in [0, 0.1) is 0 Å². The van der Waals surface area contributed by atoms with Crippen LogP contribution in [0.4, 0.5) is 4.79 Å². The number of hydrogen-bond donors (Lipinski definition) is 0. The predicted octanol–water partition coefficient (Wildman–Crippen LogP) is 3.35. The summed E-state index contributed by atoms with van der Waals surface area (Å²) in [6.07, 6.45) is -0.140. The number of nitrogens with zero attached hydrogens (tertiary/aromatic N) is 3. The van der Waals surface area contributed by atoms with Gasteiger partial charge in [0, 0.05) is 25.6 Å². The number of aromatic nitrogens is 2. The van der Waals surface area contributed by atoms with E-state index in [2.05, 4.69) is 10.2 Å². The van der Waals surface area contributed by atoms with Gasteiger partial charge in [-0.25, -0.2) is 4.79 Å². The summed E-state index contributed by atoms with van der Waals surface area (Å²) in [6, 6.07) is 13.2. The average molecular weight is 383 g/mol. The molecule has 0 spiro atoms. The summed E-state index contributed by atoms with van der Waals surface area (Å²) >= 11 is 0. The van der Waals surface area contributed by atoms with Crippen LogP contribution in [0.5, 0.6) is 5.88 Å². The second-order valence-corrected chi connectivity index (χ2v) is 7.77. The second-order valence-electron chi connectivity index (χ2n) is 7.77. The maximum Gasteiger partial charge on any atom is 0.410 e. The van der Waals surface area contributed by atoms with Crippen molar-refractivity contribution in [3.05, 3.63) is 53.7 Å². The number of rotatable bonds is 4. The molecule has 1 aliphatic rings. The first-order chi connectivity index (χ1) is 13.3. The predicted molar refractivity (Wildman–Crippen MR) is 103 cm³/mol. The van der Waals surface area contributed by atoms with Crippen LogP contribution in [0.1, 0.15) is 44.4 Å². The lowest BCUT2D eigenvalue weighted by molar-refractivity contribution is -0.123. The molecule has 1 aromatic heterocycles. The van der Waals surface area contributed by atoms with Gasteiger partial charge < -0.3 is 14.4 Å². The van der Waals surface area contributed by atoms with Gasteiger partial charge in [-0.3, -0.25) is 4.79 Å². The van der Waals surface area contributed by atoms with Crippen molar-refractivity contribution in [2.75, 3.05) is 13.1 Å². The van der Waals surface area contributed by atoms with Gasteiger partial charge in [0.25, 0.3) is 0 Å². The quantitative estimate of drug-likeness (QED) is 0.805. The van der Waals surface area contributed by atoms with Crippen molar-refractivity contribution in [3.63, 3.8) is 0 Å². The highest BCUT2D eigenvalue weighted by molar-refractivity contribution is 5.87. The molecule has 1 aromatic carbocycles. The molecule has 2 heterocycles. The van der Waals surface area contributed by atoms with Crippen molar-refractivity contribution in [1.82, 2.24) is 15.1 Å². The van der Waals surface area contributed by atoms with E-state index >= 15 is 0 Å². The Morgan fingerprint density at radius 1 is 1.14 bits per heavy atom. The molecule has 7 nitrogen and oxygen atoms in total. The lowest BCUT2D eigenvalue weighted by atomic mass is 9.93. The first kappa shape index (κ1) is 19.8. The number of carbonyl (C=O) groups is 2. The van der Waals surface area contributed by atoms with Crippen LogP contribution in [0.3, 0.4) is 0 Å². The smallest absolute Gasteiger partial charge is 0.410 e. The van der Waals surface area contributed by atoms with Gasteiger partial charge in [-0.15, -0.1) is 5.10 Å².